The van der Waals surface area contributed by atoms with Crippen LogP contribution in [-0.4, -0.2) is 4.57 Å². The summed E-state index contributed by atoms with van der Waals surface area (Å²) in [7, 11) is 0. The Bertz CT molecular complexity index is 561. The van der Waals surface area contributed by atoms with Crippen LogP contribution in [0.1, 0.15) is 18.1 Å². The van der Waals surface area contributed by atoms with Crippen LogP contribution in [0.15, 0.2) is 18.2 Å². The minimum absolute atomic E-state index is 0.546. The van der Waals surface area contributed by atoms with E-state index in [0.717, 1.165) is 23.0 Å². The summed E-state index contributed by atoms with van der Waals surface area (Å²) in [6.45, 7) is 4.84. The third kappa shape index (κ3) is 1.32. The first-order valence-electron chi connectivity index (χ1n) is 4.88. The van der Waals surface area contributed by atoms with Gasteiger partial charge in [-0.25, -0.2) is 0 Å². The monoisotopic (exact) mass is 218 g/mol. The normalized spacial score (nSPS) is 10.5. The van der Waals surface area contributed by atoms with Gasteiger partial charge in [0.25, 0.3) is 0 Å². The van der Waals surface area contributed by atoms with Gasteiger partial charge in [-0.3, -0.25) is 0 Å². The predicted molar refractivity (Wildman–Crippen MR) is 62.1 cm³/mol. The SMILES string of the molecule is CCn1c(Cl)c(C#N)c2cccc(C)c21. The fraction of sp³-hybridized carbons (Fsp3) is 0.250. The standard InChI is InChI=1S/C12H11ClN2/c1-3-15-11-8(2)5-4-6-9(11)10(7-14)12(15)13/h4-6H,3H2,1-2H3. The van der Waals surface area contributed by atoms with Gasteiger partial charge in [0.2, 0.25) is 0 Å². The van der Waals surface area contributed by atoms with Crippen molar-refractivity contribution < 1.29 is 0 Å². The first kappa shape index (κ1) is 10.1. The molecular weight excluding hydrogens is 208 g/mol. The Kier molecular flexibility index (Phi) is 2.42. The molecule has 76 valence electrons. The molecule has 3 heteroatoms. The van der Waals surface area contributed by atoms with Gasteiger partial charge in [-0.2, -0.15) is 5.26 Å². The molecule has 0 fully saturated rings. The number of nitrogens with zero attached hydrogens (tertiary/aromatic N) is 2. The Morgan fingerprint density at radius 2 is 2.20 bits per heavy atom. The van der Waals surface area contributed by atoms with Gasteiger partial charge < -0.3 is 4.57 Å². The lowest BCUT2D eigenvalue weighted by molar-refractivity contribution is 0.795. The Hall–Kier alpha value is -1.46. The number of nitriles is 1. The molecule has 1 heterocycles. The van der Waals surface area contributed by atoms with Gasteiger partial charge in [0, 0.05) is 11.9 Å². The minimum atomic E-state index is 0.546. The van der Waals surface area contributed by atoms with Crippen molar-refractivity contribution in [3.05, 3.63) is 34.5 Å². The summed E-state index contributed by atoms with van der Waals surface area (Å²) in [5.41, 5.74) is 2.80. The van der Waals surface area contributed by atoms with Crippen LogP contribution in [0.5, 0.6) is 0 Å². The number of para-hydroxylation sites is 1. The van der Waals surface area contributed by atoms with E-state index in [-0.39, 0.29) is 0 Å². The maximum Gasteiger partial charge on any atom is 0.128 e. The number of halogens is 1. The van der Waals surface area contributed by atoms with Crippen LogP contribution in [0.2, 0.25) is 5.15 Å². The first-order chi connectivity index (χ1) is 7.20. The summed E-state index contributed by atoms with van der Waals surface area (Å²) in [5.74, 6) is 0. The Labute approximate surface area is 93.7 Å². The van der Waals surface area contributed by atoms with Crippen molar-refractivity contribution in [2.45, 2.75) is 20.4 Å². The highest BCUT2D eigenvalue weighted by Crippen LogP contribution is 2.31. The molecule has 0 aliphatic rings. The summed E-state index contributed by atoms with van der Waals surface area (Å²) in [6, 6.07) is 8.10. The van der Waals surface area contributed by atoms with E-state index in [4.69, 9.17) is 16.9 Å². The van der Waals surface area contributed by atoms with Gasteiger partial charge in [-0.15, -0.1) is 0 Å². The molecule has 1 aromatic carbocycles. The summed E-state index contributed by atoms with van der Waals surface area (Å²) in [4.78, 5) is 0. The topological polar surface area (TPSA) is 28.7 Å². The van der Waals surface area contributed by atoms with E-state index in [0.29, 0.717) is 10.7 Å². The molecule has 0 bridgehead atoms. The molecular formula is C12H11ClN2. The molecule has 1 aromatic heterocycles. The molecule has 0 radical (unpaired) electrons. The third-order valence-corrected chi connectivity index (χ3v) is 3.04. The van der Waals surface area contributed by atoms with Crippen LogP contribution < -0.4 is 0 Å². The lowest BCUT2D eigenvalue weighted by Gasteiger charge is -2.04. The average Bonchev–Trinajstić information content (AvgIpc) is 2.51. The number of aromatic nitrogens is 1. The highest BCUT2D eigenvalue weighted by Gasteiger charge is 2.15. The van der Waals surface area contributed by atoms with Crippen LogP contribution in [0, 0.1) is 18.3 Å². The number of hydrogen-bond donors (Lipinski definition) is 0. The van der Waals surface area contributed by atoms with E-state index in [1.165, 1.54) is 0 Å². The summed E-state index contributed by atoms with van der Waals surface area (Å²) in [6.07, 6.45) is 0. The molecule has 0 amide bonds. The van der Waals surface area contributed by atoms with Crippen molar-refractivity contribution in [2.24, 2.45) is 0 Å². The largest absolute Gasteiger partial charge is 0.331 e. The van der Waals surface area contributed by atoms with Crippen molar-refractivity contribution in [2.75, 3.05) is 0 Å². The van der Waals surface area contributed by atoms with E-state index in [2.05, 4.69) is 6.07 Å². The van der Waals surface area contributed by atoms with Crippen molar-refractivity contribution in [1.29, 1.82) is 5.26 Å². The summed E-state index contributed by atoms with van der Waals surface area (Å²) >= 11 is 6.16. The van der Waals surface area contributed by atoms with E-state index < -0.39 is 0 Å². The molecule has 0 spiro atoms. The summed E-state index contributed by atoms with van der Waals surface area (Å²) < 4.78 is 1.98. The van der Waals surface area contributed by atoms with Gasteiger partial charge in [0.15, 0.2) is 0 Å². The smallest absolute Gasteiger partial charge is 0.128 e. The van der Waals surface area contributed by atoms with Gasteiger partial charge in [0.1, 0.15) is 11.2 Å². The van der Waals surface area contributed by atoms with Crippen molar-refractivity contribution in [1.82, 2.24) is 4.57 Å². The number of rotatable bonds is 1. The molecule has 0 aliphatic heterocycles. The molecule has 2 nitrogen and oxygen atoms in total. The quantitative estimate of drug-likeness (QED) is 0.720. The first-order valence-corrected chi connectivity index (χ1v) is 5.26. The second-order valence-corrected chi connectivity index (χ2v) is 3.85. The van der Waals surface area contributed by atoms with Gasteiger partial charge in [-0.1, -0.05) is 29.8 Å². The maximum atomic E-state index is 9.07. The second-order valence-electron chi connectivity index (χ2n) is 3.49. The fourth-order valence-electron chi connectivity index (χ4n) is 1.97. The van der Waals surface area contributed by atoms with E-state index in [1.807, 2.05) is 36.6 Å². The zero-order chi connectivity index (χ0) is 11.0. The molecule has 0 saturated carbocycles. The number of hydrogen-bond acceptors (Lipinski definition) is 1. The highest BCUT2D eigenvalue weighted by molar-refractivity contribution is 6.32. The number of aryl methyl sites for hydroxylation is 2. The summed E-state index contributed by atoms with van der Waals surface area (Å²) in [5, 5.41) is 10.6. The van der Waals surface area contributed by atoms with Crippen molar-refractivity contribution in [3.63, 3.8) is 0 Å². The van der Waals surface area contributed by atoms with Crippen LogP contribution in [0.25, 0.3) is 10.9 Å². The van der Waals surface area contributed by atoms with Gasteiger partial charge >= 0.3 is 0 Å². The minimum Gasteiger partial charge on any atom is -0.331 e. The lowest BCUT2D eigenvalue weighted by Crippen LogP contribution is -1.94. The Morgan fingerprint density at radius 1 is 1.47 bits per heavy atom. The van der Waals surface area contributed by atoms with E-state index >= 15 is 0 Å². The van der Waals surface area contributed by atoms with E-state index in [1.54, 1.807) is 0 Å². The second kappa shape index (κ2) is 3.60. The molecule has 0 aliphatic carbocycles. The molecule has 0 saturated heterocycles. The molecule has 0 N–H and O–H groups in total. The molecule has 0 atom stereocenters. The lowest BCUT2D eigenvalue weighted by atomic mass is 10.1. The van der Waals surface area contributed by atoms with Crippen LogP contribution in [0.4, 0.5) is 0 Å². The average molecular weight is 219 g/mol. The fourth-order valence-corrected chi connectivity index (χ4v) is 2.31. The zero-order valence-electron chi connectivity index (χ0n) is 8.71. The number of benzene rings is 1. The van der Waals surface area contributed by atoms with Crippen LogP contribution in [0.3, 0.4) is 0 Å². The Morgan fingerprint density at radius 3 is 2.80 bits per heavy atom. The third-order valence-electron chi connectivity index (χ3n) is 2.65. The van der Waals surface area contributed by atoms with Gasteiger partial charge in [0.05, 0.1) is 11.1 Å². The van der Waals surface area contributed by atoms with E-state index in [9.17, 15) is 0 Å². The maximum absolute atomic E-state index is 9.07. The molecule has 15 heavy (non-hydrogen) atoms. The van der Waals surface area contributed by atoms with Crippen LogP contribution in [-0.2, 0) is 6.54 Å². The van der Waals surface area contributed by atoms with Crippen molar-refractivity contribution in [3.8, 4) is 6.07 Å². The Balaban J connectivity index is 3.00. The number of fused-ring (bicyclic) bond motifs is 1. The highest BCUT2D eigenvalue weighted by atomic mass is 35.5. The van der Waals surface area contributed by atoms with Crippen molar-refractivity contribution >= 4 is 22.5 Å². The zero-order valence-corrected chi connectivity index (χ0v) is 9.47. The van der Waals surface area contributed by atoms with Crippen LogP contribution >= 0.6 is 11.6 Å². The molecule has 2 aromatic rings. The molecule has 0 unspecified atom stereocenters. The molecule has 2 rings (SSSR count). The predicted octanol–water partition coefficient (Wildman–Crippen LogP) is 3.49. The van der Waals surface area contributed by atoms with Gasteiger partial charge in [-0.05, 0) is 19.4 Å².